The molecule has 144 valence electrons. The standard InChI is InChI=1S/C20H29NO5/c1-13(2)12-16(21-19(23)26-20(3,4)5)17(22)14-8-6-7-9-15(14)18-24-10-11-25-18/h6-11,13,16-18,22H,12H2,1-5H3,(H,21,23)/t16-,17+/m1/s1. The van der Waals surface area contributed by atoms with Crippen LogP contribution < -0.4 is 5.32 Å². The quantitative estimate of drug-likeness (QED) is 0.793. The zero-order valence-electron chi connectivity index (χ0n) is 16.1. The molecule has 1 heterocycles. The van der Waals surface area contributed by atoms with Crippen molar-refractivity contribution in [3.8, 4) is 0 Å². The fraction of sp³-hybridized carbons (Fsp3) is 0.550. The minimum atomic E-state index is -0.922. The lowest BCUT2D eigenvalue weighted by atomic mass is 9.91. The van der Waals surface area contributed by atoms with Crippen LogP contribution in [0.15, 0.2) is 36.8 Å². The summed E-state index contributed by atoms with van der Waals surface area (Å²) in [5.74, 6) is 0.275. The Morgan fingerprint density at radius 2 is 1.85 bits per heavy atom. The summed E-state index contributed by atoms with van der Waals surface area (Å²) in [6.07, 6.45) is 1.47. The van der Waals surface area contributed by atoms with Gasteiger partial charge in [-0.3, -0.25) is 0 Å². The molecule has 6 nitrogen and oxygen atoms in total. The van der Waals surface area contributed by atoms with E-state index in [1.54, 1.807) is 20.8 Å². The number of alkyl carbamates (subject to hydrolysis) is 1. The maximum atomic E-state index is 12.2. The van der Waals surface area contributed by atoms with Crippen LogP contribution in [0.1, 0.15) is 64.6 Å². The summed E-state index contributed by atoms with van der Waals surface area (Å²) in [6.45, 7) is 9.48. The van der Waals surface area contributed by atoms with E-state index in [2.05, 4.69) is 5.32 Å². The van der Waals surface area contributed by atoms with Gasteiger partial charge >= 0.3 is 6.09 Å². The Bertz CT molecular complexity index is 627. The molecule has 1 aliphatic heterocycles. The van der Waals surface area contributed by atoms with E-state index in [1.165, 1.54) is 12.5 Å². The molecule has 2 rings (SSSR count). The molecule has 6 heteroatoms. The van der Waals surface area contributed by atoms with Crippen LogP contribution in [0.4, 0.5) is 4.79 Å². The molecular formula is C20H29NO5. The predicted molar refractivity (Wildman–Crippen MR) is 98.1 cm³/mol. The molecule has 26 heavy (non-hydrogen) atoms. The number of hydrogen-bond acceptors (Lipinski definition) is 5. The molecule has 1 aromatic carbocycles. The summed E-state index contributed by atoms with van der Waals surface area (Å²) in [5.41, 5.74) is 0.777. The highest BCUT2D eigenvalue weighted by Crippen LogP contribution is 2.32. The Morgan fingerprint density at radius 1 is 1.23 bits per heavy atom. The predicted octanol–water partition coefficient (Wildman–Crippen LogP) is 4.18. The Kier molecular flexibility index (Phi) is 6.53. The Morgan fingerprint density at radius 3 is 2.42 bits per heavy atom. The second-order valence-electron chi connectivity index (χ2n) is 7.83. The third kappa shape index (κ3) is 5.66. The first-order valence-corrected chi connectivity index (χ1v) is 8.89. The van der Waals surface area contributed by atoms with E-state index in [9.17, 15) is 9.90 Å². The molecule has 0 spiro atoms. The van der Waals surface area contributed by atoms with Gasteiger partial charge in [0, 0.05) is 5.56 Å². The van der Waals surface area contributed by atoms with Gasteiger partial charge in [0.1, 0.15) is 18.1 Å². The van der Waals surface area contributed by atoms with Gasteiger partial charge in [-0.15, -0.1) is 0 Å². The first kappa shape index (κ1) is 20.1. The molecule has 0 unspecified atom stereocenters. The van der Waals surface area contributed by atoms with Crippen molar-refractivity contribution >= 4 is 6.09 Å². The SMILES string of the molecule is CC(C)C[C@@H](NC(=O)OC(C)(C)C)[C@@H](O)c1ccccc1C1OC=CO1. The zero-order chi connectivity index (χ0) is 19.3. The van der Waals surface area contributed by atoms with Crippen LogP contribution in [0, 0.1) is 5.92 Å². The van der Waals surface area contributed by atoms with Crippen molar-refractivity contribution in [1.29, 1.82) is 0 Å². The molecule has 1 aliphatic rings. The topological polar surface area (TPSA) is 77.0 Å². The number of amides is 1. The summed E-state index contributed by atoms with van der Waals surface area (Å²) in [6, 6.07) is 6.85. The number of benzene rings is 1. The summed E-state index contributed by atoms with van der Waals surface area (Å²) in [4.78, 5) is 12.2. The first-order valence-electron chi connectivity index (χ1n) is 8.89. The van der Waals surface area contributed by atoms with Crippen molar-refractivity contribution < 1.29 is 24.1 Å². The largest absolute Gasteiger partial charge is 0.455 e. The third-order valence-corrected chi connectivity index (χ3v) is 3.84. The summed E-state index contributed by atoms with van der Waals surface area (Å²) < 4.78 is 16.2. The molecule has 0 bridgehead atoms. The average molecular weight is 363 g/mol. The van der Waals surface area contributed by atoms with Crippen LogP contribution in [0.25, 0.3) is 0 Å². The molecular weight excluding hydrogens is 334 g/mol. The minimum Gasteiger partial charge on any atom is -0.455 e. The van der Waals surface area contributed by atoms with Gasteiger partial charge in [0.25, 0.3) is 6.29 Å². The van der Waals surface area contributed by atoms with Crippen LogP contribution in [0.5, 0.6) is 0 Å². The lowest BCUT2D eigenvalue weighted by Gasteiger charge is -2.29. The highest BCUT2D eigenvalue weighted by molar-refractivity contribution is 5.68. The zero-order valence-corrected chi connectivity index (χ0v) is 16.1. The molecule has 1 amide bonds. The summed E-state index contributed by atoms with van der Waals surface area (Å²) in [5, 5.41) is 13.8. The van der Waals surface area contributed by atoms with Gasteiger partial charge in [0.15, 0.2) is 0 Å². The summed E-state index contributed by atoms with van der Waals surface area (Å²) in [7, 11) is 0. The van der Waals surface area contributed by atoms with E-state index in [0.717, 1.165) is 5.56 Å². The Hall–Kier alpha value is -2.21. The van der Waals surface area contributed by atoms with Crippen LogP contribution in [-0.2, 0) is 14.2 Å². The Balaban J connectivity index is 2.21. The second kappa shape index (κ2) is 8.45. The number of rotatable bonds is 6. The fourth-order valence-corrected chi connectivity index (χ4v) is 2.83. The van der Waals surface area contributed by atoms with Crippen molar-refractivity contribution in [3.63, 3.8) is 0 Å². The maximum absolute atomic E-state index is 12.2. The number of carbonyl (C=O) groups is 1. The van der Waals surface area contributed by atoms with Crippen molar-refractivity contribution in [2.24, 2.45) is 5.92 Å². The fourth-order valence-electron chi connectivity index (χ4n) is 2.83. The van der Waals surface area contributed by atoms with Crippen LogP contribution in [0.3, 0.4) is 0 Å². The van der Waals surface area contributed by atoms with Gasteiger partial charge in [-0.05, 0) is 38.7 Å². The number of nitrogens with one attached hydrogen (secondary N) is 1. The smallest absolute Gasteiger partial charge is 0.407 e. The second-order valence-corrected chi connectivity index (χ2v) is 7.83. The van der Waals surface area contributed by atoms with E-state index in [1.807, 2.05) is 38.1 Å². The van der Waals surface area contributed by atoms with E-state index in [-0.39, 0.29) is 5.92 Å². The number of aliphatic hydroxyl groups is 1. The van der Waals surface area contributed by atoms with Crippen molar-refractivity contribution in [1.82, 2.24) is 5.32 Å². The molecule has 2 N–H and O–H groups in total. The van der Waals surface area contributed by atoms with Crippen molar-refractivity contribution in [2.45, 2.75) is 65.1 Å². The highest BCUT2D eigenvalue weighted by Gasteiger charge is 2.30. The Labute approximate surface area is 155 Å². The van der Waals surface area contributed by atoms with Gasteiger partial charge in [-0.2, -0.15) is 0 Å². The lowest BCUT2D eigenvalue weighted by Crippen LogP contribution is -2.43. The minimum absolute atomic E-state index is 0.275. The lowest BCUT2D eigenvalue weighted by molar-refractivity contribution is -0.0274. The highest BCUT2D eigenvalue weighted by atomic mass is 16.7. The monoisotopic (exact) mass is 363 g/mol. The maximum Gasteiger partial charge on any atom is 0.407 e. The average Bonchev–Trinajstić information content (AvgIpc) is 3.05. The van der Waals surface area contributed by atoms with Crippen LogP contribution in [0.2, 0.25) is 0 Å². The van der Waals surface area contributed by atoms with E-state index >= 15 is 0 Å². The molecule has 0 aliphatic carbocycles. The van der Waals surface area contributed by atoms with Gasteiger partial charge in [0.05, 0.1) is 12.1 Å². The molecule has 1 aromatic rings. The molecule has 0 aromatic heterocycles. The van der Waals surface area contributed by atoms with Crippen molar-refractivity contribution in [2.75, 3.05) is 0 Å². The number of hydrogen-bond donors (Lipinski definition) is 2. The van der Waals surface area contributed by atoms with Gasteiger partial charge in [-0.1, -0.05) is 38.1 Å². The molecule has 0 saturated carbocycles. The molecule has 0 fully saturated rings. The van der Waals surface area contributed by atoms with Gasteiger partial charge < -0.3 is 24.6 Å². The van der Waals surface area contributed by atoms with Crippen LogP contribution in [-0.4, -0.2) is 22.8 Å². The number of carbonyl (C=O) groups excluding carboxylic acids is 1. The number of ether oxygens (including phenoxy) is 3. The van der Waals surface area contributed by atoms with Crippen molar-refractivity contribution in [3.05, 3.63) is 47.9 Å². The van der Waals surface area contributed by atoms with Gasteiger partial charge in [-0.25, -0.2) is 4.79 Å². The molecule has 0 saturated heterocycles. The van der Waals surface area contributed by atoms with E-state index in [4.69, 9.17) is 14.2 Å². The summed E-state index contributed by atoms with van der Waals surface area (Å²) >= 11 is 0. The van der Waals surface area contributed by atoms with Gasteiger partial charge in [0.2, 0.25) is 0 Å². The first-order chi connectivity index (χ1) is 12.2. The third-order valence-electron chi connectivity index (χ3n) is 3.84. The molecule has 0 radical (unpaired) electrons. The number of aliphatic hydroxyl groups excluding tert-OH is 1. The van der Waals surface area contributed by atoms with Crippen LogP contribution >= 0.6 is 0 Å². The van der Waals surface area contributed by atoms with E-state index in [0.29, 0.717) is 12.0 Å². The normalized spacial score (nSPS) is 16.7. The van der Waals surface area contributed by atoms with E-state index < -0.39 is 30.1 Å². The molecule has 2 atom stereocenters.